The van der Waals surface area contributed by atoms with Crippen LogP contribution in [-0.2, 0) is 16.6 Å². The lowest BCUT2D eigenvalue weighted by atomic mass is 9.86. The number of carboxylic acid groups (broad SMARTS) is 1. The lowest BCUT2D eigenvalue weighted by molar-refractivity contribution is -0.139. The number of rotatable bonds is 8. The van der Waals surface area contributed by atoms with Crippen LogP contribution in [0.25, 0.3) is 0 Å². The van der Waals surface area contributed by atoms with Crippen LogP contribution >= 0.6 is 0 Å². The minimum atomic E-state index is -0.717. The second-order valence-corrected chi connectivity index (χ2v) is 9.24. The SMILES string of the molecule is CCN(CC(=O)O)C1CCN(CC(C)Cc2ccc(C(C)(C)C)cc2)CC1. The molecule has 1 fully saturated rings. The molecular weight excluding hydrogens is 336 g/mol. The van der Waals surface area contributed by atoms with Gasteiger partial charge >= 0.3 is 5.97 Å². The van der Waals surface area contributed by atoms with E-state index in [0.29, 0.717) is 12.0 Å². The number of piperidine rings is 1. The molecule has 0 saturated carbocycles. The van der Waals surface area contributed by atoms with Crippen LogP contribution in [0.2, 0.25) is 0 Å². The molecule has 0 radical (unpaired) electrons. The summed E-state index contributed by atoms with van der Waals surface area (Å²) >= 11 is 0. The maximum Gasteiger partial charge on any atom is 0.317 e. The van der Waals surface area contributed by atoms with E-state index in [-0.39, 0.29) is 12.0 Å². The standard InChI is InChI=1S/C23H38N2O2/c1-6-25(17-22(26)27)21-11-13-24(14-12-21)16-18(2)15-19-7-9-20(10-8-19)23(3,4)5/h7-10,18,21H,6,11-17H2,1-5H3,(H,26,27). The quantitative estimate of drug-likeness (QED) is 0.746. The number of carbonyl (C=O) groups is 1. The Morgan fingerprint density at radius 2 is 1.81 bits per heavy atom. The van der Waals surface area contributed by atoms with Crippen molar-refractivity contribution in [2.24, 2.45) is 5.92 Å². The Morgan fingerprint density at radius 1 is 1.22 bits per heavy atom. The Kier molecular flexibility index (Phi) is 7.87. The fourth-order valence-electron chi connectivity index (χ4n) is 4.19. The van der Waals surface area contributed by atoms with E-state index in [1.165, 1.54) is 11.1 Å². The Labute approximate surface area is 165 Å². The lowest BCUT2D eigenvalue weighted by Crippen LogP contribution is -2.47. The van der Waals surface area contributed by atoms with Crippen molar-refractivity contribution < 1.29 is 9.90 Å². The molecule has 1 unspecified atom stereocenters. The largest absolute Gasteiger partial charge is 0.480 e. The van der Waals surface area contributed by atoms with Gasteiger partial charge in [-0.1, -0.05) is 58.9 Å². The first kappa shape index (κ1) is 21.9. The number of aliphatic carboxylic acids is 1. The smallest absolute Gasteiger partial charge is 0.317 e. The van der Waals surface area contributed by atoms with Gasteiger partial charge in [0.2, 0.25) is 0 Å². The number of nitrogens with zero attached hydrogens (tertiary/aromatic N) is 2. The molecule has 1 aromatic rings. The second kappa shape index (κ2) is 9.70. The molecule has 1 aliphatic heterocycles. The average molecular weight is 375 g/mol. The fraction of sp³-hybridized carbons (Fsp3) is 0.696. The number of likely N-dealkylation sites (tertiary alicyclic amines) is 1. The van der Waals surface area contributed by atoms with E-state index in [9.17, 15) is 4.79 Å². The van der Waals surface area contributed by atoms with Crippen molar-refractivity contribution in [3.05, 3.63) is 35.4 Å². The van der Waals surface area contributed by atoms with E-state index in [4.69, 9.17) is 5.11 Å². The molecule has 0 aromatic heterocycles. The molecule has 1 aromatic carbocycles. The Bertz CT molecular complexity index is 583. The zero-order valence-corrected chi connectivity index (χ0v) is 17.9. The molecule has 27 heavy (non-hydrogen) atoms. The first-order chi connectivity index (χ1) is 12.7. The minimum absolute atomic E-state index is 0.169. The van der Waals surface area contributed by atoms with Crippen molar-refractivity contribution in [2.75, 3.05) is 32.7 Å². The fourth-order valence-corrected chi connectivity index (χ4v) is 4.19. The van der Waals surface area contributed by atoms with Crippen molar-refractivity contribution in [1.29, 1.82) is 0 Å². The summed E-state index contributed by atoms with van der Waals surface area (Å²) in [5.74, 6) is -0.0892. The predicted octanol–water partition coefficient (Wildman–Crippen LogP) is 4.03. The zero-order chi connectivity index (χ0) is 20.0. The normalized spacial score (nSPS) is 18.0. The summed E-state index contributed by atoms with van der Waals surface area (Å²) in [7, 11) is 0. The molecule has 4 heteroatoms. The van der Waals surface area contributed by atoms with Gasteiger partial charge in [-0.25, -0.2) is 0 Å². The third-order valence-electron chi connectivity index (χ3n) is 5.79. The number of hydrogen-bond acceptors (Lipinski definition) is 3. The number of hydrogen-bond donors (Lipinski definition) is 1. The van der Waals surface area contributed by atoms with Crippen LogP contribution in [0, 0.1) is 5.92 Å². The summed E-state index contributed by atoms with van der Waals surface area (Å²) in [4.78, 5) is 15.7. The highest BCUT2D eigenvalue weighted by Crippen LogP contribution is 2.23. The first-order valence-electron chi connectivity index (χ1n) is 10.5. The van der Waals surface area contributed by atoms with Gasteiger partial charge in [0.15, 0.2) is 0 Å². The van der Waals surface area contributed by atoms with Crippen molar-refractivity contribution >= 4 is 5.97 Å². The van der Waals surface area contributed by atoms with Crippen LogP contribution in [0.1, 0.15) is 58.6 Å². The first-order valence-corrected chi connectivity index (χ1v) is 10.5. The Morgan fingerprint density at radius 3 is 2.30 bits per heavy atom. The molecule has 1 heterocycles. The van der Waals surface area contributed by atoms with Crippen LogP contribution in [0.4, 0.5) is 0 Å². The molecule has 0 amide bonds. The van der Waals surface area contributed by atoms with Gasteiger partial charge in [0.1, 0.15) is 0 Å². The summed E-state index contributed by atoms with van der Waals surface area (Å²) in [5.41, 5.74) is 3.02. The molecule has 152 valence electrons. The number of carboxylic acids is 1. The van der Waals surface area contributed by atoms with E-state index in [2.05, 4.69) is 68.7 Å². The summed E-state index contributed by atoms with van der Waals surface area (Å²) in [5, 5.41) is 9.07. The molecule has 1 N–H and O–H groups in total. The minimum Gasteiger partial charge on any atom is -0.480 e. The molecule has 4 nitrogen and oxygen atoms in total. The number of likely N-dealkylation sites (N-methyl/N-ethyl adjacent to an activating group) is 1. The highest BCUT2D eigenvalue weighted by atomic mass is 16.4. The van der Waals surface area contributed by atoms with Crippen molar-refractivity contribution in [3.63, 3.8) is 0 Å². The summed E-state index contributed by atoms with van der Waals surface area (Å²) in [6, 6.07) is 9.54. The van der Waals surface area contributed by atoms with Gasteiger partial charge < -0.3 is 10.0 Å². The molecule has 1 aliphatic rings. The van der Waals surface area contributed by atoms with Crippen LogP contribution < -0.4 is 0 Å². The zero-order valence-electron chi connectivity index (χ0n) is 17.9. The molecule has 1 saturated heterocycles. The molecule has 0 aliphatic carbocycles. The van der Waals surface area contributed by atoms with Gasteiger partial charge in [-0.15, -0.1) is 0 Å². The monoisotopic (exact) mass is 374 g/mol. The van der Waals surface area contributed by atoms with Crippen molar-refractivity contribution in [1.82, 2.24) is 9.80 Å². The third-order valence-corrected chi connectivity index (χ3v) is 5.79. The van der Waals surface area contributed by atoms with Gasteiger partial charge in [-0.05, 0) is 61.4 Å². The number of benzene rings is 1. The molecule has 0 spiro atoms. The summed E-state index contributed by atoms with van der Waals surface area (Å²) in [6.45, 7) is 15.4. The summed E-state index contributed by atoms with van der Waals surface area (Å²) in [6.07, 6.45) is 3.27. The highest BCUT2D eigenvalue weighted by molar-refractivity contribution is 5.69. The van der Waals surface area contributed by atoms with Crippen LogP contribution in [0.5, 0.6) is 0 Å². The van der Waals surface area contributed by atoms with E-state index < -0.39 is 5.97 Å². The van der Waals surface area contributed by atoms with Gasteiger partial charge in [0, 0.05) is 12.6 Å². The highest BCUT2D eigenvalue weighted by Gasteiger charge is 2.25. The van der Waals surface area contributed by atoms with Crippen LogP contribution in [-0.4, -0.2) is 59.6 Å². The Hall–Kier alpha value is -1.39. The van der Waals surface area contributed by atoms with Gasteiger partial charge in [0.25, 0.3) is 0 Å². The van der Waals surface area contributed by atoms with Crippen LogP contribution in [0.15, 0.2) is 24.3 Å². The second-order valence-electron chi connectivity index (χ2n) is 9.24. The lowest BCUT2D eigenvalue weighted by Gasteiger charge is -2.38. The van der Waals surface area contributed by atoms with Crippen molar-refractivity contribution in [3.8, 4) is 0 Å². The summed E-state index contributed by atoms with van der Waals surface area (Å²) < 4.78 is 0. The predicted molar refractivity (Wildman–Crippen MR) is 112 cm³/mol. The van der Waals surface area contributed by atoms with E-state index in [1.807, 2.05) is 0 Å². The van der Waals surface area contributed by atoms with Gasteiger partial charge in [0.05, 0.1) is 6.54 Å². The molecule has 1 atom stereocenters. The third kappa shape index (κ3) is 6.93. The molecule has 2 rings (SSSR count). The van der Waals surface area contributed by atoms with Gasteiger partial charge in [-0.2, -0.15) is 0 Å². The van der Waals surface area contributed by atoms with E-state index in [1.54, 1.807) is 0 Å². The van der Waals surface area contributed by atoms with Crippen molar-refractivity contribution in [2.45, 2.75) is 65.3 Å². The molecular formula is C23H38N2O2. The van der Waals surface area contributed by atoms with Crippen LogP contribution in [0.3, 0.4) is 0 Å². The maximum atomic E-state index is 11.0. The maximum absolute atomic E-state index is 11.0. The molecule has 0 bridgehead atoms. The van der Waals surface area contributed by atoms with E-state index >= 15 is 0 Å². The van der Waals surface area contributed by atoms with E-state index in [0.717, 1.165) is 45.4 Å². The average Bonchev–Trinajstić information content (AvgIpc) is 2.60. The van der Waals surface area contributed by atoms with Gasteiger partial charge in [-0.3, -0.25) is 9.69 Å². The topological polar surface area (TPSA) is 43.8 Å². The Balaban J connectivity index is 1.78.